The summed E-state index contributed by atoms with van der Waals surface area (Å²) in [4.78, 5) is 0.274. The summed E-state index contributed by atoms with van der Waals surface area (Å²) in [6.45, 7) is 4.56. The molecule has 0 saturated carbocycles. The fraction of sp³-hybridized carbons (Fsp3) is 0.538. The van der Waals surface area contributed by atoms with Crippen molar-refractivity contribution in [2.45, 2.75) is 36.1 Å². The summed E-state index contributed by atoms with van der Waals surface area (Å²) in [5, 5.41) is 3.12. The Balaban J connectivity index is 2.99. The van der Waals surface area contributed by atoms with Crippen LogP contribution in [-0.4, -0.2) is 41.4 Å². The fourth-order valence-corrected chi connectivity index (χ4v) is 4.12. The normalized spacial score (nSPS) is 14.2. The van der Waals surface area contributed by atoms with E-state index in [9.17, 15) is 16.8 Å². The predicted molar refractivity (Wildman–Crippen MR) is 79.4 cm³/mol. The van der Waals surface area contributed by atoms with Crippen LogP contribution in [0.5, 0.6) is 0 Å². The third-order valence-corrected chi connectivity index (χ3v) is 5.98. The smallest absolute Gasteiger partial charge is 0.179 e. The van der Waals surface area contributed by atoms with Gasteiger partial charge in [-0.15, -0.1) is 0 Å². The first-order valence-electron chi connectivity index (χ1n) is 6.47. The summed E-state index contributed by atoms with van der Waals surface area (Å²) >= 11 is 0. The van der Waals surface area contributed by atoms with Crippen LogP contribution in [0.15, 0.2) is 34.1 Å². The van der Waals surface area contributed by atoms with E-state index in [0.717, 1.165) is 6.26 Å². The van der Waals surface area contributed by atoms with Gasteiger partial charge in [0, 0.05) is 12.3 Å². The van der Waals surface area contributed by atoms with Crippen molar-refractivity contribution < 1.29 is 16.8 Å². The Morgan fingerprint density at radius 3 is 1.90 bits per heavy atom. The first-order chi connectivity index (χ1) is 9.20. The highest BCUT2D eigenvalue weighted by atomic mass is 32.2. The Morgan fingerprint density at radius 1 is 1.00 bits per heavy atom. The lowest BCUT2D eigenvalue weighted by Gasteiger charge is -2.16. The fourth-order valence-electron chi connectivity index (χ4n) is 1.87. The molecule has 20 heavy (non-hydrogen) atoms. The maximum absolute atomic E-state index is 12.2. The maximum atomic E-state index is 12.2. The molecule has 0 fully saturated rings. The van der Waals surface area contributed by atoms with Crippen molar-refractivity contribution in [2.75, 3.05) is 18.6 Å². The molecule has 1 unspecified atom stereocenters. The quantitative estimate of drug-likeness (QED) is 0.818. The van der Waals surface area contributed by atoms with Crippen LogP contribution in [0.1, 0.15) is 20.3 Å². The summed E-state index contributed by atoms with van der Waals surface area (Å²) in [6, 6.07) is 5.27. The van der Waals surface area contributed by atoms with Gasteiger partial charge in [-0.25, -0.2) is 16.8 Å². The molecule has 0 saturated heterocycles. The molecule has 0 aliphatic rings. The van der Waals surface area contributed by atoms with Crippen LogP contribution in [-0.2, 0) is 19.7 Å². The van der Waals surface area contributed by atoms with E-state index in [-0.39, 0.29) is 21.6 Å². The van der Waals surface area contributed by atoms with E-state index in [1.165, 1.54) is 24.3 Å². The van der Waals surface area contributed by atoms with Gasteiger partial charge in [0.1, 0.15) is 0 Å². The lowest BCUT2D eigenvalue weighted by molar-refractivity contribution is 0.533. The molecule has 114 valence electrons. The van der Waals surface area contributed by atoms with E-state index in [0.29, 0.717) is 13.0 Å². The average molecular weight is 319 g/mol. The van der Waals surface area contributed by atoms with Crippen molar-refractivity contribution in [2.24, 2.45) is 0 Å². The van der Waals surface area contributed by atoms with E-state index < -0.39 is 19.7 Å². The standard InChI is InChI=1S/C13H21NO4S2/c1-4-11(14-5-2)10-20(17,18)13-8-6-12(7-9-13)19(3,15)16/h6-9,11,14H,4-5,10H2,1-3H3. The maximum Gasteiger partial charge on any atom is 0.179 e. The van der Waals surface area contributed by atoms with Gasteiger partial charge in [0.15, 0.2) is 19.7 Å². The molecule has 0 aromatic heterocycles. The second kappa shape index (κ2) is 6.69. The second-order valence-corrected chi connectivity index (χ2v) is 8.74. The van der Waals surface area contributed by atoms with Gasteiger partial charge in [0.2, 0.25) is 0 Å². The number of benzene rings is 1. The summed E-state index contributed by atoms with van der Waals surface area (Å²) in [7, 11) is -6.72. The molecule has 1 aromatic carbocycles. The van der Waals surface area contributed by atoms with Crippen molar-refractivity contribution in [1.29, 1.82) is 0 Å². The summed E-state index contributed by atoms with van der Waals surface area (Å²) in [5.74, 6) is 0.00949. The van der Waals surface area contributed by atoms with Crippen molar-refractivity contribution in [3.8, 4) is 0 Å². The van der Waals surface area contributed by atoms with Gasteiger partial charge in [-0.2, -0.15) is 0 Å². The lowest BCUT2D eigenvalue weighted by Crippen LogP contribution is -2.35. The second-order valence-electron chi connectivity index (χ2n) is 4.69. The van der Waals surface area contributed by atoms with Crippen LogP contribution < -0.4 is 5.32 Å². The molecule has 0 aliphatic carbocycles. The number of hydrogen-bond donors (Lipinski definition) is 1. The van der Waals surface area contributed by atoms with Crippen molar-refractivity contribution in [3.63, 3.8) is 0 Å². The Labute approximate surface area is 121 Å². The van der Waals surface area contributed by atoms with E-state index in [1.54, 1.807) is 0 Å². The van der Waals surface area contributed by atoms with Crippen molar-refractivity contribution >= 4 is 19.7 Å². The van der Waals surface area contributed by atoms with E-state index >= 15 is 0 Å². The number of nitrogens with one attached hydrogen (secondary N) is 1. The topological polar surface area (TPSA) is 80.3 Å². The van der Waals surface area contributed by atoms with Gasteiger partial charge < -0.3 is 5.32 Å². The zero-order chi connectivity index (χ0) is 15.4. The molecule has 5 nitrogen and oxygen atoms in total. The van der Waals surface area contributed by atoms with Gasteiger partial charge >= 0.3 is 0 Å². The highest BCUT2D eigenvalue weighted by molar-refractivity contribution is 7.91. The van der Waals surface area contributed by atoms with Crippen molar-refractivity contribution in [3.05, 3.63) is 24.3 Å². The molecule has 0 radical (unpaired) electrons. The van der Waals surface area contributed by atoms with Crippen LogP contribution in [0.4, 0.5) is 0 Å². The summed E-state index contributed by atoms with van der Waals surface area (Å²) < 4.78 is 47.2. The predicted octanol–water partition coefficient (Wildman–Crippen LogP) is 1.25. The molecular formula is C13H21NO4S2. The Morgan fingerprint density at radius 2 is 1.50 bits per heavy atom. The third-order valence-electron chi connectivity index (χ3n) is 3.02. The zero-order valence-electron chi connectivity index (χ0n) is 12.0. The van der Waals surface area contributed by atoms with Gasteiger partial charge in [0.05, 0.1) is 15.5 Å². The van der Waals surface area contributed by atoms with E-state index in [2.05, 4.69) is 5.32 Å². The van der Waals surface area contributed by atoms with Crippen LogP contribution in [0.2, 0.25) is 0 Å². The SMILES string of the molecule is CCNC(CC)CS(=O)(=O)c1ccc(S(C)(=O)=O)cc1. The number of hydrogen-bond acceptors (Lipinski definition) is 5. The minimum absolute atomic E-state index is 0.00949. The molecular weight excluding hydrogens is 298 g/mol. The summed E-state index contributed by atoms with van der Waals surface area (Å²) in [5.41, 5.74) is 0. The van der Waals surface area contributed by atoms with Crippen LogP contribution in [0.25, 0.3) is 0 Å². The summed E-state index contributed by atoms with van der Waals surface area (Å²) in [6.07, 6.45) is 1.81. The van der Waals surface area contributed by atoms with Crippen LogP contribution >= 0.6 is 0 Å². The van der Waals surface area contributed by atoms with E-state index in [1.807, 2.05) is 13.8 Å². The third kappa shape index (κ3) is 4.57. The number of sulfone groups is 2. The van der Waals surface area contributed by atoms with Gasteiger partial charge in [-0.3, -0.25) is 0 Å². The minimum atomic E-state index is -3.41. The van der Waals surface area contributed by atoms with Crippen LogP contribution in [0.3, 0.4) is 0 Å². The largest absolute Gasteiger partial charge is 0.313 e. The molecule has 0 spiro atoms. The molecule has 1 aromatic rings. The van der Waals surface area contributed by atoms with E-state index in [4.69, 9.17) is 0 Å². The van der Waals surface area contributed by atoms with Gasteiger partial charge in [-0.05, 0) is 37.2 Å². The lowest BCUT2D eigenvalue weighted by atomic mass is 10.2. The minimum Gasteiger partial charge on any atom is -0.313 e. The molecule has 1 N–H and O–H groups in total. The monoisotopic (exact) mass is 319 g/mol. The number of rotatable bonds is 7. The molecule has 0 aliphatic heterocycles. The molecule has 1 atom stereocenters. The van der Waals surface area contributed by atoms with Crippen molar-refractivity contribution in [1.82, 2.24) is 5.32 Å². The van der Waals surface area contributed by atoms with Gasteiger partial charge in [-0.1, -0.05) is 13.8 Å². The molecule has 0 bridgehead atoms. The molecule has 0 amide bonds. The molecule has 1 rings (SSSR count). The Kier molecular flexibility index (Phi) is 5.73. The highest BCUT2D eigenvalue weighted by Gasteiger charge is 2.20. The first kappa shape index (κ1) is 17.1. The highest BCUT2D eigenvalue weighted by Crippen LogP contribution is 2.16. The molecule has 0 heterocycles. The van der Waals surface area contributed by atoms with Gasteiger partial charge in [0.25, 0.3) is 0 Å². The zero-order valence-corrected chi connectivity index (χ0v) is 13.6. The average Bonchev–Trinajstić information content (AvgIpc) is 2.37. The Bertz CT molecular complexity index is 633. The Hall–Kier alpha value is -0.920. The van der Waals surface area contributed by atoms with Crippen LogP contribution in [0, 0.1) is 0 Å². The first-order valence-corrected chi connectivity index (χ1v) is 10.0. The molecule has 7 heteroatoms.